The topological polar surface area (TPSA) is 25.6 Å². The molecule has 0 saturated heterocycles. The van der Waals surface area contributed by atoms with Gasteiger partial charge in [-0.05, 0) is 25.1 Å². The molecule has 0 aliphatic heterocycles. The number of hydrogen-bond donors (Lipinski definition) is 0. The summed E-state index contributed by atoms with van der Waals surface area (Å²) in [4.78, 5) is 2.16. The molecule has 0 bridgehead atoms. The Hall–Kier alpha value is -1.000. The summed E-state index contributed by atoms with van der Waals surface area (Å²) >= 11 is 3.49. The number of rotatable bonds is 4. The van der Waals surface area contributed by atoms with Gasteiger partial charge in [0.1, 0.15) is 11.3 Å². The van der Waals surface area contributed by atoms with Crippen molar-refractivity contribution in [3.63, 3.8) is 0 Å². The molecule has 1 aromatic heterocycles. The van der Waals surface area contributed by atoms with Crippen molar-refractivity contribution in [1.29, 1.82) is 0 Å². The molecule has 0 amide bonds. The Bertz CT molecular complexity index is 521. The molecular weight excluding hydrogens is 282 g/mol. The quantitative estimate of drug-likeness (QED) is 0.862. The van der Waals surface area contributed by atoms with Crippen LogP contribution in [0.2, 0.25) is 0 Å². The number of hydrogen-bond acceptors (Lipinski definition) is 3. The Labute approximate surface area is 109 Å². The smallest absolute Gasteiger partial charge is 0.136 e. The van der Waals surface area contributed by atoms with E-state index in [0.717, 1.165) is 33.4 Å². The number of halogens is 1. The first-order valence-electron chi connectivity index (χ1n) is 5.52. The van der Waals surface area contributed by atoms with Crippen LogP contribution in [-0.2, 0) is 4.74 Å². The molecule has 1 aromatic carbocycles. The lowest BCUT2D eigenvalue weighted by Crippen LogP contribution is -2.22. The molecule has 0 aliphatic rings. The maximum atomic E-state index is 5.75. The lowest BCUT2D eigenvalue weighted by molar-refractivity contribution is 0.206. The molecule has 1 heterocycles. The van der Waals surface area contributed by atoms with Crippen LogP contribution in [0.3, 0.4) is 0 Å². The van der Waals surface area contributed by atoms with Crippen molar-refractivity contribution in [3.8, 4) is 0 Å². The average molecular weight is 298 g/mol. The van der Waals surface area contributed by atoms with Crippen molar-refractivity contribution in [1.82, 2.24) is 0 Å². The van der Waals surface area contributed by atoms with Crippen molar-refractivity contribution in [3.05, 3.63) is 28.4 Å². The Morgan fingerprint density at radius 3 is 2.88 bits per heavy atom. The van der Waals surface area contributed by atoms with Crippen LogP contribution >= 0.6 is 15.9 Å². The summed E-state index contributed by atoms with van der Waals surface area (Å²) < 4.78 is 11.9. The summed E-state index contributed by atoms with van der Waals surface area (Å²) in [5.41, 5.74) is 2.06. The van der Waals surface area contributed by atoms with E-state index >= 15 is 0 Å². The summed E-state index contributed by atoms with van der Waals surface area (Å²) in [6, 6.07) is 6.06. The predicted octanol–water partition coefficient (Wildman–Crippen LogP) is 3.59. The highest BCUT2D eigenvalue weighted by atomic mass is 79.9. The van der Waals surface area contributed by atoms with Gasteiger partial charge in [0.15, 0.2) is 0 Å². The number of fused-ring (bicyclic) bond motifs is 1. The summed E-state index contributed by atoms with van der Waals surface area (Å²) in [5, 5.41) is 1.13. The second-order valence-electron chi connectivity index (χ2n) is 4.06. The lowest BCUT2D eigenvalue weighted by atomic mass is 10.2. The van der Waals surface area contributed by atoms with E-state index in [-0.39, 0.29) is 0 Å². The zero-order valence-electron chi connectivity index (χ0n) is 10.3. The molecule has 0 atom stereocenters. The summed E-state index contributed by atoms with van der Waals surface area (Å²) in [7, 11) is 3.77. The van der Waals surface area contributed by atoms with Crippen LogP contribution in [-0.4, -0.2) is 27.3 Å². The van der Waals surface area contributed by atoms with Gasteiger partial charge in [-0.1, -0.05) is 15.9 Å². The predicted molar refractivity (Wildman–Crippen MR) is 73.8 cm³/mol. The van der Waals surface area contributed by atoms with Gasteiger partial charge in [0.25, 0.3) is 0 Å². The third-order valence-electron chi connectivity index (χ3n) is 2.81. The third-order valence-corrected chi connectivity index (χ3v) is 3.30. The molecule has 0 aliphatic carbocycles. The van der Waals surface area contributed by atoms with E-state index in [9.17, 15) is 0 Å². The molecule has 0 spiro atoms. The summed E-state index contributed by atoms with van der Waals surface area (Å²) in [6.07, 6.45) is 0. The van der Waals surface area contributed by atoms with Gasteiger partial charge < -0.3 is 14.1 Å². The first-order valence-corrected chi connectivity index (χ1v) is 6.31. The minimum atomic E-state index is 0.705. The maximum absolute atomic E-state index is 5.75. The molecule has 92 valence electrons. The van der Waals surface area contributed by atoms with Gasteiger partial charge >= 0.3 is 0 Å². The van der Waals surface area contributed by atoms with Crippen molar-refractivity contribution in [2.45, 2.75) is 6.92 Å². The number of methoxy groups -OCH3 is 1. The van der Waals surface area contributed by atoms with E-state index in [1.165, 1.54) is 0 Å². The molecule has 0 radical (unpaired) electrons. The van der Waals surface area contributed by atoms with Gasteiger partial charge in [-0.25, -0.2) is 0 Å². The zero-order valence-corrected chi connectivity index (χ0v) is 11.9. The highest BCUT2D eigenvalue weighted by Gasteiger charge is 2.14. The number of nitrogens with zero attached hydrogens (tertiary/aromatic N) is 1. The van der Waals surface area contributed by atoms with E-state index < -0.39 is 0 Å². The lowest BCUT2D eigenvalue weighted by Gasteiger charge is -2.18. The van der Waals surface area contributed by atoms with E-state index in [0.29, 0.717) is 6.61 Å². The van der Waals surface area contributed by atoms with Crippen molar-refractivity contribution in [2.75, 3.05) is 32.2 Å². The van der Waals surface area contributed by atoms with Crippen LogP contribution in [0.15, 0.2) is 27.1 Å². The first-order chi connectivity index (χ1) is 8.13. The van der Waals surface area contributed by atoms with Crippen molar-refractivity contribution >= 4 is 32.6 Å². The van der Waals surface area contributed by atoms with E-state index in [1.807, 2.05) is 19.1 Å². The van der Waals surface area contributed by atoms with Crippen LogP contribution in [0.1, 0.15) is 5.76 Å². The fourth-order valence-corrected chi connectivity index (χ4v) is 2.35. The Morgan fingerprint density at radius 1 is 1.41 bits per heavy atom. The highest BCUT2D eigenvalue weighted by molar-refractivity contribution is 9.10. The van der Waals surface area contributed by atoms with Gasteiger partial charge in [0, 0.05) is 30.6 Å². The number of aryl methyl sites for hydroxylation is 1. The Balaban J connectivity index is 2.44. The molecular formula is C13H16BrNO2. The van der Waals surface area contributed by atoms with Gasteiger partial charge in [-0.15, -0.1) is 0 Å². The van der Waals surface area contributed by atoms with Crippen molar-refractivity contribution in [2.24, 2.45) is 0 Å². The summed E-state index contributed by atoms with van der Waals surface area (Å²) in [6.45, 7) is 3.54. The SMILES string of the molecule is COCCN(C)c1c(C)oc2ccc(Br)cc12. The second-order valence-corrected chi connectivity index (χ2v) is 4.98. The number of anilines is 1. The third kappa shape index (κ3) is 2.48. The number of ether oxygens (including phenoxy) is 1. The molecule has 0 unspecified atom stereocenters. The van der Waals surface area contributed by atoms with Crippen LogP contribution in [0.25, 0.3) is 11.0 Å². The minimum Gasteiger partial charge on any atom is -0.459 e. The van der Waals surface area contributed by atoms with E-state index in [2.05, 4.69) is 33.9 Å². The molecule has 3 nitrogen and oxygen atoms in total. The van der Waals surface area contributed by atoms with Crippen molar-refractivity contribution < 1.29 is 9.15 Å². The Morgan fingerprint density at radius 2 is 2.18 bits per heavy atom. The maximum Gasteiger partial charge on any atom is 0.136 e. The van der Waals surface area contributed by atoms with Gasteiger partial charge in [0.05, 0.1) is 12.3 Å². The molecule has 17 heavy (non-hydrogen) atoms. The fourth-order valence-electron chi connectivity index (χ4n) is 1.99. The Kier molecular flexibility index (Phi) is 3.74. The monoisotopic (exact) mass is 297 g/mol. The minimum absolute atomic E-state index is 0.705. The fraction of sp³-hybridized carbons (Fsp3) is 0.385. The average Bonchev–Trinajstić information content (AvgIpc) is 2.61. The zero-order chi connectivity index (χ0) is 12.4. The van der Waals surface area contributed by atoms with E-state index in [4.69, 9.17) is 9.15 Å². The normalized spacial score (nSPS) is 11.1. The molecule has 0 saturated carbocycles. The molecule has 4 heteroatoms. The standard InChI is InChI=1S/C13H16BrNO2/c1-9-13(15(2)6-7-16-3)11-8-10(14)4-5-12(11)17-9/h4-5,8H,6-7H2,1-3H3. The molecule has 0 fully saturated rings. The molecule has 2 aromatic rings. The van der Waals surface area contributed by atoms with Gasteiger partial charge in [0.2, 0.25) is 0 Å². The summed E-state index contributed by atoms with van der Waals surface area (Å²) in [5.74, 6) is 0.941. The molecule has 0 N–H and O–H groups in total. The largest absolute Gasteiger partial charge is 0.459 e. The second kappa shape index (κ2) is 5.10. The van der Waals surface area contributed by atoms with Gasteiger partial charge in [-0.2, -0.15) is 0 Å². The highest BCUT2D eigenvalue weighted by Crippen LogP contribution is 2.34. The molecule has 2 rings (SSSR count). The number of furan rings is 1. The number of likely N-dealkylation sites (N-methyl/N-ethyl adjacent to an activating group) is 1. The van der Waals surface area contributed by atoms with Crippen LogP contribution < -0.4 is 4.90 Å². The first kappa shape index (κ1) is 12.5. The number of benzene rings is 1. The van der Waals surface area contributed by atoms with Gasteiger partial charge in [-0.3, -0.25) is 0 Å². The van der Waals surface area contributed by atoms with Crippen LogP contribution in [0.5, 0.6) is 0 Å². The van der Waals surface area contributed by atoms with Crippen LogP contribution in [0, 0.1) is 6.92 Å². The van der Waals surface area contributed by atoms with Crippen LogP contribution in [0.4, 0.5) is 5.69 Å². The van der Waals surface area contributed by atoms with E-state index in [1.54, 1.807) is 7.11 Å².